The number of aliphatic carboxylic acids is 2. The Morgan fingerprint density at radius 3 is 1.50 bits per heavy atom. The van der Waals surface area contributed by atoms with E-state index in [-0.39, 0.29) is 49.2 Å². The van der Waals surface area contributed by atoms with E-state index >= 15 is 0 Å². The summed E-state index contributed by atoms with van der Waals surface area (Å²) in [5.74, 6) is -3.85. The van der Waals surface area contributed by atoms with E-state index in [4.69, 9.17) is 51.8 Å². The van der Waals surface area contributed by atoms with E-state index in [1.54, 1.807) is 65.8 Å². The van der Waals surface area contributed by atoms with Crippen LogP contribution in [0.25, 0.3) is 0 Å². The van der Waals surface area contributed by atoms with Gasteiger partial charge in [-0.15, -0.1) is 0 Å². The summed E-state index contributed by atoms with van der Waals surface area (Å²) in [6.07, 6.45) is -1.88. The number of carboxylic acid groups (broad SMARTS) is 2. The van der Waals surface area contributed by atoms with Gasteiger partial charge in [0.25, 0.3) is 6.47 Å². The molecule has 0 aromatic heterocycles. The number of amides is 1. The Labute approximate surface area is 328 Å². The first-order valence-corrected chi connectivity index (χ1v) is 15.2. The normalized spacial score (nSPS) is 11.1. The molecule has 0 aliphatic heterocycles. The summed E-state index contributed by atoms with van der Waals surface area (Å²) in [7, 11) is 0. The molecule has 0 saturated carbocycles. The molecule has 2 atom stereocenters. The first-order valence-electron chi connectivity index (χ1n) is 14.8. The molecular formula is C33H44ClN2NaO15. The Hall–Kier alpha value is -4.26. The van der Waals surface area contributed by atoms with Gasteiger partial charge in [0, 0.05) is 11.6 Å². The number of carbonyl (C=O) groups excluding carboxylic acids is 5. The molecule has 0 aliphatic carbocycles. The fourth-order valence-electron chi connectivity index (χ4n) is 3.01. The van der Waals surface area contributed by atoms with Gasteiger partial charge in [-0.1, -0.05) is 60.7 Å². The molecule has 0 unspecified atom stereocenters. The number of hydrogen-bond donors (Lipinski definition) is 4. The minimum absolute atomic E-state index is 0. The van der Waals surface area contributed by atoms with Crippen LogP contribution in [-0.2, 0) is 61.0 Å². The van der Waals surface area contributed by atoms with E-state index in [1.165, 1.54) is 0 Å². The Balaban J connectivity index is -0.000000701. The number of benzene rings is 2. The zero-order chi connectivity index (χ0) is 39.6. The van der Waals surface area contributed by atoms with Crippen LogP contribution in [0.2, 0.25) is 0 Å². The monoisotopic (exact) mass is 766 g/mol. The summed E-state index contributed by atoms with van der Waals surface area (Å²) in [6, 6.07) is 15.9. The van der Waals surface area contributed by atoms with Gasteiger partial charge >= 0.3 is 65.0 Å². The zero-order valence-electron chi connectivity index (χ0n) is 30.0. The fraction of sp³-hybridized carbons (Fsp3) is 0.424. The van der Waals surface area contributed by atoms with Gasteiger partial charge in [0.1, 0.15) is 36.5 Å². The number of esters is 2. The molecule has 0 radical (unpaired) electrons. The van der Waals surface area contributed by atoms with Crippen molar-refractivity contribution in [1.82, 2.24) is 5.32 Å². The molecule has 2 rings (SSSR count). The maximum Gasteiger partial charge on any atom is 1.00 e. The number of ether oxygens (including phenoxy) is 4. The predicted molar refractivity (Wildman–Crippen MR) is 177 cm³/mol. The smallest absolute Gasteiger partial charge is 0.662 e. The molecule has 52 heavy (non-hydrogen) atoms. The molecule has 0 heterocycles. The van der Waals surface area contributed by atoms with Crippen LogP contribution in [0.15, 0.2) is 60.7 Å². The minimum atomic E-state index is -1.31. The number of carboxylic acids is 2. The summed E-state index contributed by atoms with van der Waals surface area (Å²) in [5, 5.41) is 27.9. The van der Waals surface area contributed by atoms with Crippen molar-refractivity contribution in [3.05, 3.63) is 71.8 Å². The maximum absolute atomic E-state index is 11.9. The van der Waals surface area contributed by atoms with Gasteiger partial charge in [0.15, 0.2) is 0 Å². The van der Waals surface area contributed by atoms with Crippen molar-refractivity contribution in [2.24, 2.45) is 5.73 Å². The SMILES string of the molecule is CC(C)(C)OC(=O)[C@@H](N)CC(=O)O.CC(C)(C)OC(=O)[C@H](CC(=O)O)NC(=O)OCc1ccccc1.O=C(Cl)OCc1ccccc1.O=CO[O-].[Na+]. The van der Waals surface area contributed by atoms with E-state index in [9.17, 15) is 28.8 Å². The third kappa shape index (κ3) is 32.9. The van der Waals surface area contributed by atoms with Gasteiger partial charge in [-0.05, 0) is 52.7 Å². The molecule has 0 fully saturated rings. The maximum atomic E-state index is 11.9. The predicted octanol–water partition coefficient (Wildman–Crippen LogP) is 0.229. The quantitative estimate of drug-likeness (QED) is 0.0428. The van der Waals surface area contributed by atoms with Crippen LogP contribution in [0.5, 0.6) is 0 Å². The second-order valence-electron chi connectivity index (χ2n) is 11.8. The number of carbonyl (C=O) groups is 7. The van der Waals surface area contributed by atoms with Gasteiger partial charge < -0.3 is 50.4 Å². The summed E-state index contributed by atoms with van der Waals surface area (Å²) >= 11 is 4.97. The summed E-state index contributed by atoms with van der Waals surface area (Å²) in [6.45, 7) is 10.1. The summed E-state index contributed by atoms with van der Waals surface area (Å²) in [4.78, 5) is 77.2. The van der Waals surface area contributed by atoms with Crippen LogP contribution in [0.1, 0.15) is 65.5 Å². The van der Waals surface area contributed by atoms with Crippen LogP contribution in [0, 0.1) is 0 Å². The van der Waals surface area contributed by atoms with Crippen molar-refractivity contribution in [2.75, 3.05) is 0 Å². The van der Waals surface area contributed by atoms with E-state index in [0.717, 1.165) is 11.1 Å². The third-order valence-electron chi connectivity index (χ3n) is 4.91. The van der Waals surface area contributed by atoms with Crippen LogP contribution >= 0.6 is 11.6 Å². The number of halogens is 1. The van der Waals surface area contributed by atoms with E-state index in [1.807, 2.05) is 36.4 Å². The van der Waals surface area contributed by atoms with Gasteiger partial charge in [-0.25, -0.2) is 14.4 Å². The first kappa shape index (κ1) is 52.1. The fourth-order valence-corrected chi connectivity index (χ4v) is 3.07. The van der Waals surface area contributed by atoms with Gasteiger partial charge in [0.2, 0.25) is 0 Å². The Morgan fingerprint density at radius 1 is 0.769 bits per heavy atom. The molecule has 1 amide bonds. The summed E-state index contributed by atoms with van der Waals surface area (Å²) < 4.78 is 19.5. The largest absolute Gasteiger partial charge is 1.00 e. The molecule has 19 heteroatoms. The Kier molecular flexibility index (Phi) is 28.4. The van der Waals surface area contributed by atoms with Crippen molar-refractivity contribution < 1.29 is 102 Å². The molecule has 0 saturated heterocycles. The van der Waals surface area contributed by atoms with Crippen molar-refractivity contribution in [1.29, 1.82) is 0 Å². The Morgan fingerprint density at radius 2 is 1.15 bits per heavy atom. The average Bonchev–Trinajstić information content (AvgIpc) is 3.02. The van der Waals surface area contributed by atoms with Crippen molar-refractivity contribution >= 4 is 53.5 Å². The number of nitrogens with two attached hydrogens (primary N) is 1. The number of rotatable bonds is 12. The van der Waals surface area contributed by atoms with Crippen molar-refractivity contribution in [3.8, 4) is 0 Å². The molecule has 5 N–H and O–H groups in total. The molecular weight excluding hydrogens is 723 g/mol. The van der Waals surface area contributed by atoms with Crippen molar-refractivity contribution in [2.45, 2.75) is 90.9 Å². The standard InChI is InChI=1S/C16H21NO6.C8H7ClO2.C8H15NO4.CH2O3.Na/c1-16(2,3)23-14(20)12(9-13(18)19)17-15(21)22-10-11-7-5-4-6-8-11;9-8(10)11-6-7-4-2-1-3-5-7;1-8(2,3)13-7(12)5(9)4-6(10)11;2-1-4-3;/h4-8,12H,9-10H2,1-3H3,(H,17,21)(H,18,19);1-5H,6H2;5H,4,9H2,1-3H3,(H,10,11);1,3H;/q;;;;+1/p-1/t12-;;5-;;/m0.0../s1. The Bertz CT molecular complexity index is 1370. The van der Waals surface area contributed by atoms with Crippen LogP contribution in [0.4, 0.5) is 9.59 Å². The number of alkyl carbamates (subject to hydrolysis) is 1. The van der Waals surface area contributed by atoms with E-state index < -0.39 is 71.5 Å². The molecule has 0 spiro atoms. The number of hydrogen-bond acceptors (Lipinski definition) is 14. The zero-order valence-corrected chi connectivity index (χ0v) is 32.7. The van der Waals surface area contributed by atoms with Crippen molar-refractivity contribution in [3.63, 3.8) is 0 Å². The van der Waals surface area contributed by atoms with E-state index in [2.05, 4.69) is 14.9 Å². The second kappa shape index (κ2) is 28.3. The first-order chi connectivity index (χ1) is 23.6. The van der Waals surface area contributed by atoms with Crippen LogP contribution < -0.4 is 45.9 Å². The van der Waals surface area contributed by atoms with Crippen LogP contribution in [-0.4, -0.2) is 75.4 Å². The van der Waals surface area contributed by atoms with Crippen LogP contribution in [0.3, 0.4) is 0 Å². The van der Waals surface area contributed by atoms with Gasteiger partial charge in [-0.3, -0.25) is 19.2 Å². The van der Waals surface area contributed by atoms with E-state index in [0.29, 0.717) is 0 Å². The van der Waals surface area contributed by atoms with Gasteiger partial charge in [0.05, 0.1) is 12.8 Å². The average molecular weight is 767 g/mol. The molecule has 284 valence electrons. The molecule has 0 bridgehead atoms. The molecule has 0 aliphatic rings. The second-order valence-corrected chi connectivity index (χ2v) is 12.1. The summed E-state index contributed by atoms with van der Waals surface area (Å²) in [5.41, 5.74) is 4.79. The molecule has 2 aromatic carbocycles. The topological polar surface area (TPSA) is 267 Å². The van der Waals surface area contributed by atoms with Gasteiger partial charge in [-0.2, -0.15) is 0 Å². The molecule has 17 nitrogen and oxygen atoms in total. The number of nitrogens with one attached hydrogen (secondary N) is 1. The third-order valence-corrected chi connectivity index (χ3v) is 5.02. The molecule has 2 aromatic rings. The minimum Gasteiger partial charge on any atom is -0.662 e.